The minimum absolute atomic E-state index is 0.0262. The van der Waals surface area contributed by atoms with Crippen molar-refractivity contribution in [3.63, 3.8) is 0 Å². The number of carbonyl (C=O) groups is 3. The summed E-state index contributed by atoms with van der Waals surface area (Å²) in [5, 5.41) is 0. The highest BCUT2D eigenvalue weighted by molar-refractivity contribution is 6.32. The van der Waals surface area contributed by atoms with E-state index in [2.05, 4.69) is 11.0 Å². The van der Waals surface area contributed by atoms with Gasteiger partial charge < -0.3 is 4.90 Å². The molecule has 1 saturated heterocycles. The van der Waals surface area contributed by atoms with Gasteiger partial charge in [-0.3, -0.25) is 14.4 Å². The third-order valence-electron chi connectivity index (χ3n) is 8.40. The van der Waals surface area contributed by atoms with Crippen LogP contribution in [0.2, 0.25) is 0 Å². The standard InChI is InChI=1S/C33H31NO3/c1-19-10-13-21(14-11-19)27-28(31(37)32(3,4)5)34-25-16-12-20(2)18-22(25)15-17-26(34)33(27)29(35)23-8-6-7-9-24(23)30(33)36/h6-18,26-28H,1-5H3/t26?,27-,28+/m0/s1. The molecule has 3 atom stereocenters. The molecular formula is C33H31NO3. The average molecular weight is 490 g/mol. The zero-order valence-electron chi connectivity index (χ0n) is 21.9. The molecule has 3 aromatic carbocycles. The Morgan fingerprint density at radius 2 is 1.43 bits per heavy atom. The Bertz CT molecular complexity index is 1470. The molecule has 37 heavy (non-hydrogen) atoms. The summed E-state index contributed by atoms with van der Waals surface area (Å²) in [6.07, 6.45) is 4.01. The van der Waals surface area contributed by atoms with Gasteiger partial charge in [0, 0.05) is 28.1 Å². The van der Waals surface area contributed by atoms with E-state index in [1.165, 1.54) is 0 Å². The first-order valence-electron chi connectivity index (χ1n) is 12.9. The molecule has 4 heteroatoms. The van der Waals surface area contributed by atoms with Crippen LogP contribution in [0.4, 0.5) is 5.69 Å². The zero-order chi connectivity index (χ0) is 26.3. The van der Waals surface area contributed by atoms with Crippen molar-refractivity contribution in [1.29, 1.82) is 0 Å². The van der Waals surface area contributed by atoms with E-state index in [1.807, 2.05) is 95.3 Å². The summed E-state index contributed by atoms with van der Waals surface area (Å²) in [5.41, 5.74) is 3.75. The number of Topliss-reactive ketones (excluding diaryl/α,β-unsaturated/α-hetero) is 3. The number of carbonyl (C=O) groups excluding carboxylic acids is 3. The van der Waals surface area contributed by atoms with Gasteiger partial charge in [-0.1, -0.05) is 98.6 Å². The lowest BCUT2D eigenvalue weighted by Crippen LogP contribution is -2.49. The normalized spacial score (nSPS) is 23.3. The molecular weight excluding hydrogens is 458 g/mol. The molecule has 1 spiro atoms. The molecule has 6 rings (SSSR count). The van der Waals surface area contributed by atoms with E-state index in [9.17, 15) is 14.4 Å². The van der Waals surface area contributed by atoms with Crippen LogP contribution in [0.25, 0.3) is 6.08 Å². The van der Waals surface area contributed by atoms with Crippen molar-refractivity contribution in [2.45, 2.75) is 52.6 Å². The third kappa shape index (κ3) is 3.11. The summed E-state index contributed by atoms with van der Waals surface area (Å²) < 4.78 is 0. The number of anilines is 1. The van der Waals surface area contributed by atoms with Gasteiger partial charge in [0.15, 0.2) is 17.3 Å². The Balaban J connectivity index is 1.70. The second-order valence-corrected chi connectivity index (χ2v) is 11.8. The van der Waals surface area contributed by atoms with E-state index in [1.54, 1.807) is 12.1 Å². The van der Waals surface area contributed by atoms with Crippen LogP contribution in [0.5, 0.6) is 0 Å². The van der Waals surface area contributed by atoms with Crippen LogP contribution in [0.15, 0.2) is 72.8 Å². The molecule has 2 heterocycles. The number of ketones is 3. The van der Waals surface area contributed by atoms with Crippen molar-refractivity contribution in [2.75, 3.05) is 4.90 Å². The van der Waals surface area contributed by atoms with Crippen molar-refractivity contribution in [3.8, 4) is 0 Å². The van der Waals surface area contributed by atoms with Gasteiger partial charge in [-0.25, -0.2) is 0 Å². The molecule has 0 radical (unpaired) electrons. The molecule has 1 aliphatic carbocycles. The maximum Gasteiger partial charge on any atom is 0.180 e. The van der Waals surface area contributed by atoms with Crippen LogP contribution in [-0.4, -0.2) is 29.4 Å². The number of rotatable bonds is 2. The van der Waals surface area contributed by atoms with E-state index in [4.69, 9.17) is 0 Å². The van der Waals surface area contributed by atoms with E-state index in [-0.39, 0.29) is 17.3 Å². The fourth-order valence-electron chi connectivity index (χ4n) is 6.69. The maximum absolute atomic E-state index is 14.5. The van der Waals surface area contributed by atoms with Crippen LogP contribution in [0, 0.1) is 24.7 Å². The summed E-state index contributed by atoms with van der Waals surface area (Å²) in [5.74, 6) is -0.969. The molecule has 1 fully saturated rings. The first-order valence-corrected chi connectivity index (χ1v) is 12.9. The van der Waals surface area contributed by atoms with Crippen molar-refractivity contribution in [3.05, 3.63) is 106 Å². The molecule has 0 bridgehead atoms. The maximum atomic E-state index is 14.5. The van der Waals surface area contributed by atoms with Crippen molar-refractivity contribution in [1.82, 2.24) is 0 Å². The Kier molecular flexibility index (Phi) is 5.01. The highest BCUT2D eigenvalue weighted by Gasteiger charge is 2.71. The fraction of sp³-hybridized carbons (Fsp3) is 0.303. The fourth-order valence-corrected chi connectivity index (χ4v) is 6.69. The van der Waals surface area contributed by atoms with Gasteiger partial charge in [0.2, 0.25) is 0 Å². The third-order valence-corrected chi connectivity index (χ3v) is 8.40. The number of hydrogen-bond donors (Lipinski definition) is 0. The lowest BCUT2D eigenvalue weighted by atomic mass is 9.63. The molecule has 4 nitrogen and oxygen atoms in total. The average Bonchev–Trinajstić information content (AvgIpc) is 3.29. The summed E-state index contributed by atoms with van der Waals surface area (Å²) in [6.45, 7) is 9.82. The van der Waals surface area contributed by atoms with Gasteiger partial charge in [0.25, 0.3) is 0 Å². The Labute approximate surface area is 218 Å². The molecule has 2 aliphatic heterocycles. The molecule has 1 unspecified atom stereocenters. The van der Waals surface area contributed by atoms with Gasteiger partial charge >= 0.3 is 0 Å². The van der Waals surface area contributed by atoms with Crippen molar-refractivity contribution < 1.29 is 14.4 Å². The minimum atomic E-state index is -1.43. The first kappa shape index (κ1) is 23.6. The van der Waals surface area contributed by atoms with Gasteiger partial charge in [-0.15, -0.1) is 0 Å². The number of hydrogen-bond acceptors (Lipinski definition) is 4. The molecule has 3 aliphatic rings. The van der Waals surface area contributed by atoms with E-state index in [0.29, 0.717) is 11.1 Å². The zero-order valence-corrected chi connectivity index (χ0v) is 21.9. The quantitative estimate of drug-likeness (QED) is 0.394. The monoisotopic (exact) mass is 489 g/mol. The highest BCUT2D eigenvalue weighted by Crippen LogP contribution is 2.61. The van der Waals surface area contributed by atoms with Crippen molar-refractivity contribution in [2.24, 2.45) is 10.8 Å². The topological polar surface area (TPSA) is 54.5 Å². The number of nitrogens with zero attached hydrogens (tertiary/aromatic N) is 1. The predicted molar refractivity (Wildman–Crippen MR) is 146 cm³/mol. The lowest BCUT2D eigenvalue weighted by molar-refractivity contribution is -0.127. The SMILES string of the molecule is Cc1ccc([C@H]2[C@H](C(=O)C(C)(C)C)N3c4ccc(C)cc4C=CC3C23C(=O)c2ccccc2C3=O)cc1. The number of aryl methyl sites for hydroxylation is 2. The molecule has 0 aromatic heterocycles. The highest BCUT2D eigenvalue weighted by atomic mass is 16.2. The predicted octanol–water partition coefficient (Wildman–Crippen LogP) is 6.35. The summed E-state index contributed by atoms with van der Waals surface area (Å²) in [4.78, 5) is 45.5. The van der Waals surface area contributed by atoms with E-state index >= 15 is 0 Å². The van der Waals surface area contributed by atoms with Crippen LogP contribution in [0.1, 0.15) is 69.7 Å². The summed E-state index contributed by atoms with van der Waals surface area (Å²) in [6, 6.07) is 20.0. The van der Waals surface area contributed by atoms with Crippen LogP contribution in [0.3, 0.4) is 0 Å². The molecule has 3 aromatic rings. The van der Waals surface area contributed by atoms with Gasteiger partial charge in [0.1, 0.15) is 5.41 Å². The molecule has 0 amide bonds. The first-order chi connectivity index (χ1) is 17.6. The lowest BCUT2D eigenvalue weighted by Gasteiger charge is -2.38. The minimum Gasteiger partial charge on any atom is -0.352 e. The molecule has 0 N–H and O–H groups in total. The van der Waals surface area contributed by atoms with Crippen molar-refractivity contribution >= 4 is 29.1 Å². The molecule has 0 saturated carbocycles. The van der Waals surface area contributed by atoms with Crippen LogP contribution < -0.4 is 4.90 Å². The van der Waals surface area contributed by atoms with Crippen LogP contribution in [-0.2, 0) is 4.79 Å². The Morgan fingerprint density at radius 3 is 2.03 bits per heavy atom. The Hall–Kier alpha value is -3.79. The number of fused-ring (bicyclic) bond motifs is 5. The summed E-state index contributed by atoms with van der Waals surface area (Å²) in [7, 11) is 0. The summed E-state index contributed by atoms with van der Waals surface area (Å²) >= 11 is 0. The number of benzene rings is 3. The largest absolute Gasteiger partial charge is 0.352 e. The second kappa shape index (κ2) is 7.85. The van der Waals surface area contributed by atoms with Gasteiger partial charge in [-0.2, -0.15) is 0 Å². The molecule has 186 valence electrons. The van der Waals surface area contributed by atoms with Gasteiger partial charge in [0.05, 0.1) is 12.1 Å². The Morgan fingerprint density at radius 1 is 0.838 bits per heavy atom. The second-order valence-electron chi connectivity index (χ2n) is 11.8. The van der Waals surface area contributed by atoms with E-state index < -0.39 is 28.8 Å². The van der Waals surface area contributed by atoms with Gasteiger partial charge in [-0.05, 0) is 37.1 Å². The van der Waals surface area contributed by atoms with E-state index in [0.717, 1.165) is 27.9 Å². The smallest absolute Gasteiger partial charge is 0.180 e. The van der Waals surface area contributed by atoms with Crippen LogP contribution >= 0.6 is 0 Å².